The van der Waals surface area contributed by atoms with Crippen LogP contribution in [-0.2, 0) is 6.42 Å². The molecule has 2 aromatic carbocycles. The molecule has 2 N–H and O–H groups in total. The third-order valence-corrected chi connectivity index (χ3v) is 4.00. The molecule has 1 heterocycles. The van der Waals surface area contributed by atoms with Crippen LogP contribution in [-0.4, -0.2) is 28.4 Å². The fourth-order valence-electron chi connectivity index (χ4n) is 2.72. The molecule has 0 fully saturated rings. The first-order chi connectivity index (χ1) is 12.7. The first kappa shape index (κ1) is 17.4. The van der Waals surface area contributed by atoms with Gasteiger partial charge in [-0.05, 0) is 30.3 Å². The van der Waals surface area contributed by atoms with Gasteiger partial charge in [-0.25, -0.2) is 4.79 Å². The van der Waals surface area contributed by atoms with Crippen LogP contribution < -0.4 is 5.32 Å². The molecule has 0 radical (unpaired) electrons. The van der Waals surface area contributed by atoms with Gasteiger partial charge >= 0.3 is 5.97 Å². The fourth-order valence-corrected chi connectivity index (χ4v) is 2.72. The van der Waals surface area contributed by atoms with E-state index in [9.17, 15) is 14.7 Å². The minimum absolute atomic E-state index is 0.000730. The van der Waals surface area contributed by atoms with Gasteiger partial charge in [-0.1, -0.05) is 36.4 Å². The molecule has 0 aliphatic carbocycles. The second-order valence-electron chi connectivity index (χ2n) is 5.72. The molecule has 3 aromatic rings. The van der Waals surface area contributed by atoms with Crippen LogP contribution in [0.3, 0.4) is 0 Å². The maximum Gasteiger partial charge on any atom is 0.336 e. The quantitative estimate of drug-likeness (QED) is 0.638. The van der Waals surface area contributed by atoms with E-state index in [1.807, 2.05) is 30.3 Å². The summed E-state index contributed by atoms with van der Waals surface area (Å²) >= 11 is 0. The number of anilines is 1. The molecule has 1 aromatic heterocycles. The van der Waals surface area contributed by atoms with Crippen molar-refractivity contribution >= 4 is 17.4 Å². The average Bonchev–Trinajstić information content (AvgIpc) is 2.68. The van der Waals surface area contributed by atoms with Crippen LogP contribution in [0.1, 0.15) is 32.0 Å². The third kappa shape index (κ3) is 3.95. The molecule has 130 valence electrons. The zero-order valence-electron chi connectivity index (χ0n) is 14.1. The average molecular weight is 346 g/mol. The highest BCUT2D eigenvalue weighted by Gasteiger charge is 2.19. The van der Waals surface area contributed by atoms with Gasteiger partial charge in [0, 0.05) is 41.7 Å². The zero-order chi connectivity index (χ0) is 18.4. The molecule has 3 rings (SSSR count). The number of rotatable bonds is 7. The van der Waals surface area contributed by atoms with E-state index in [4.69, 9.17) is 0 Å². The van der Waals surface area contributed by atoms with E-state index in [1.54, 1.807) is 30.5 Å². The number of nitrogens with zero attached hydrogens (tertiary/aromatic N) is 1. The van der Waals surface area contributed by atoms with E-state index in [0.29, 0.717) is 17.8 Å². The number of aromatic carboxylic acids is 1. The van der Waals surface area contributed by atoms with Crippen LogP contribution >= 0.6 is 0 Å². The minimum Gasteiger partial charge on any atom is -0.478 e. The zero-order valence-corrected chi connectivity index (χ0v) is 14.1. The highest BCUT2D eigenvalue weighted by molar-refractivity contribution is 6.16. The Morgan fingerprint density at radius 2 is 1.50 bits per heavy atom. The van der Waals surface area contributed by atoms with Crippen molar-refractivity contribution in [3.05, 3.63) is 95.3 Å². The number of aromatic nitrogens is 1. The van der Waals surface area contributed by atoms with Crippen LogP contribution in [0, 0.1) is 0 Å². The van der Waals surface area contributed by atoms with Gasteiger partial charge in [0.05, 0.1) is 5.56 Å². The SMILES string of the molecule is O=C(O)c1ccccc1C(=O)c1ccccc1NCCc1ccccn1. The Balaban J connectivity index is 1.81. The first-order valence-electron chi connectivity index (χ1n) is 8.26. The van der Waals surface area contributed by atoms with Gasteiger partial charge in [0.1, 0.15) is 0 Å². The third-order valence-electron chi connectivity index (χ3n) is 4.00. The molecule has 0 aliphatic heterocycles. The normalized spacial score (nSPS) is 10.3. The summed E-state index contributed by atoms with van der Waals surface area (Å²) in [5, 5.41) is 12.6. The molecule has 0 spiro atoms. The summed E-state index contributed by atoms with van der Waals surface area (Å²) in [5.74, 6) is -1.43. The maximum absolute atomic E-state index is 12.9. The molecule has 5 nitrogen and oxygen atoms in total. The summed E-state index contributed by atoms with van der Waals surface area (Å²) in [6, 6.07) is 19.1. The van der Waals surface area contributed by atoms with Crippen LogP contribution in [0.5, 0.6) is 0 Å². The Kier molecular flexibility index (Phi) is 5.39. The van der Waals surface area contributed by atoms with E-state index in [-0.39, 0.29) is 16.9 Å². The Morgan fingerprint density at radius 3 is 2.19 bits per heavy atom. The van der Waals surface area contributed by atoms with Crippen molar-refractivity contribution in [2.24, 2.45) is 0 Å². The van der Waals surface area contributed by atoms with Gasteiger partial charge in [-0.3, -0.25) is 9.78 Å². The molecule has 0 atom stereocenters. The molecular weight excluding hydrogens is 328 g/mol. The predicted octanol–water partition coefficient (Wildman–Crippen LogP) is 3.67. The van der Waals surface area contributed by atoms with Crippen LogP contribution in [0.15, 0.2) is 72.9 Å². The fraction of sp³-hybridized carbons (Fsp3) is 0.0952. The molecular formula is C21H18N2O3. The Labute approximate surface area is 151 Å². The van der Waals surface area contributed by atoms with Crippen molar-refractivity contribution in [2.45, 2.75) is 6.42 Å². The lowest BCUT2D eigenvalue weighted by molar-refractivity contribution is 0.0693. The second-order valence-corrected chi connectivity index (χ2v) is 5.72. The van der Waals surface area contributed by atoms with Gasteiger partial charge in [0.25, 0.3) is 0 Å². The number of pyridine rings is 1. The van der Waals surface area contributed by atoms with E-state index >= 15 is 0 Å². The monoisotopic (exact) mass is 346 g/mol. The lowest BCUT2D eigenvalue weighted by Gasteiger charge is -2.12. The molecule has 26 heavy (non-hydrogen) atoms. The van der Waals surface area contributed by atoms with Crippen molar-refractivity contribution in [2.75, 3.05) is 11.9 Å². The van der Waals surface area contributed by atoms with E-state index in [1.165, 1.54) is 12.1 Å². The van der Waals surface area contributed by atoms with Crippen LogP contribution in [0.25, 0.3) is 0 Å². The summed E-state index contributed by atoms with van der Waals surface area (Å²) in [6.45, 7) is 0.613. The highest BCUT2D eigenvalue weighted by Crippen LogP contribution is 2.21. The number of carbonyl (C=O) groups is 2. The molecule has 0 saturated carbocycles. The number of para-hydroxylation sites is 1. The Morgan fingerprint density at radius 1 is 0.846 bits per heavy atom. The van der Waals surface area contributed by atoms with Gasteiger partial charge in [0.15, 0.2) is 5.78 Å². The van der Waals surface area contributed by atoms with Crippen molar-refractivity contribution in [1.29, 1.82) is 0 Å². The smallest absolute Gasteiger partial charge is 0.336 e. The van der Waals surface area contributed by atoms with E-state index < -0.39 is 5.97 Å². The van der Waals surface area contributed by atoms with Crippen LogP contribution in [0.4, 0.5) is 5.69 Å². The van der Waals surface area contributed by atoms with Crippen molar-refractivity contribution < 1.29 is 14.7 Å². The molecule has 5 heteroatoms. The standard InChI is InChI=1S/C21H18N2O3/c24-20(16-8-1-2-9-17(16)21(25)26)18-10-3-4-11-19(18)23-14-12-15-7-5-6-13-22-15/h1-11,13,23H,12,14H2,(H,25,26). The number of carbonyl (C=O) groups excluding carboxylic acids is 1. The predicted molar refractivity (Wildman–Crippen MR) is 99.7 cm³/mol. The van der Waals surface area contributed by atoms with E-state index in [0.717, 1.165) is 12.1 Å². The molecule has 0 saturated heterocycles. The second kappa shape index (κ2) is 8.07. The van der Waals surface area contributed by atoms with Crippen LogP contribution in [0.2, 0.25) is 0 Å². The first-order valence-corrected chi connectivity index (χ1v) is 8.26. The van der Waals surface area contributed by atoms with Crippen molar-refractivity contribution in [3.63, 3.8) is 0 Å². The maximum atomic E-state index is 12.9. The van der Waals surface area contributed by atoms with Crippen molar-refractivity contribution in [3.8, 4) is 0 Å². The molecule has 0 amide bonds. The number of hydrogen-bond donors (Lipinski definition) is 2. The number of nitrogens with one attached hydrogen (secondary N) is 1. The Bertz CT molecular complexity index is 923. The van der Waals surface area contributed by atoms with Crippen molar-refractivity contribution in [1.82, 2.24) is 4.98 Å². The number of hydrogen-bond acceptors (Lipinski definition) is 4. The Hall–Kier alpha value is -3.47. The topological polar surface area (TPSA) is 79.3 Å². The molecule has 0 aliphatic rings. The number of carboxylic acid groups (broad SMARTS) is 1. The minimum atomic E-state index is -1.12. The van der Waals surface area contributed by atoms with Gasteiger partial charge in [-0.15, -0.1) is 0 Å². The van der Waals surface area contributed by atoms with E-state index in [2.05, 4.69) is 10.3 Å². The summed E-state index contributed by atoms with van der Waals surface area (Å²) in [4.78, 5) is 28.6. The number of benzene rings is 2. The van der Waals surface area contributed by atoms with Gasteiger partial charge in [0.2, 0.25) is 0 Å². The lowest BCUT2D eigenvalue weighted by atomic mass is 9.97. The van der Waals surface area contributed by atoms with Gasteiger partial charge in [-0.2, -0.15) is 0 Å². The lowest BCUT2D eigenvalue weighted by Crippen LogP contribution is -2.13. The summed E-state index contributed by atoms with van der Waals surface area (Å²) in [5.41, 5.74) is 2.26. The number of carboxylic acids is 1. The molecule has 0 unspecified atom stereocenters. The summed E-state index contributed by atoms with van der Waals surface area (Å²) in [7, 11) is 0. The highest BCUT2D eigenvalue weighted by atomic mass is 16.4. The number of ketones is 1. The summed E-state index contributed by atoms with van der Waals surface area (Å²) < 4.78 is 0. The largest absolute Gasteiger partial charge is 0.478 e. The molecule has 0 bridgehead atoms. The summed E-state index contributed by atoms with van der Waals surface area (Å²) in [6.07, 6.45) is 2.46. The van der Waals surface area contributed by atoms with Gasteiger partial charge < -0.3 is 10.4 Å².